The number of sulfonamides is 1. The Balaban J connectivity index is 2.43. The van der Waals surface area contributed by atoms with Gasteiger partial charge >= 0.3 is 0 Å². The maximum atomic E-state index is 12.8. The van der Waals surface area contributed by atoms with Gasteiger partial charge in [-0.2, -0.15) is 4.31 Å². The summed E-state index contributed by atoms with van der Waals surface area (Å²) in [6.07, 6.45) is 0.732. The first-order valence-electron chi connectivity index (χ1n) is 6.51. The van der Waals surface area contributed by atoms with Gasteiger partial charge in [0, 0.05) is 19.3 Å². The summed E-state index contributed by atoms with van der Waals surface area (Å²) in [7, 11) is -1.91. The Kier molecular flexibility index (Phi) is 4.33. The lowest BCUT2D eigenvalue weighted by Gasteiger charge is -2.24. The molecular weight excluding hydrogens is 278 g/mol. The van der Waals surface area contributed by atoms with Crippen LogP contribution in [0.1, 0.15) is 17.5 Å². The molecule has 0 spiro atoms. The van der Waals surface area contributed by atoms with Crippen LogP contribution < -0.4 is 11.3 Å². The predicted octanol–water partition coefficient (Wildman–Crippen LogP) is 0.998. The first-order chi connectivity index (χ1) is 9.37. The quantitative estimate of drug-likeness (QED) is 0.640. The summed E-state index contributed by atoms with van der Waals surface area (Å²) < 4.78 is 32.3. The lowest BCUT2D eigenvalue weighted by atomic mass is 10.1. The number of rotatable bonds is 4. The summed E-state index contributed by atoms with van der Waals surface area (Å²) in [5.74, 6) is 5.38. The number of likely N-dealkylation sites (N-methyl/N-ethyl adjacent to an activating group) is 1. The molecule has 1 unspecified atom stereocenters. The van der Waals surface area contributed by atoms with Gasteiger partial charge in [0.2, 0.25) is 10.0 Å². The van der Waals surface area contributed by atoms with Crippen LogP contribution in [-0.4, -0.2) is 39.0 Å². The number of nitrogens with one attached hydrogen (secondary N) is 1. The van der Waals surface area contributed by atoms with E-state index in [1.165, 1.54) is 4.31 Å². The predicted molar refractivity (Wildman–Crippen MR) is 77.9 cm³/mol. The van der Waals surface area contributed by atoms with Gasteiger partial charge in [-0.05, 0) is 43.5 Å². The van der Waals surface area contributed by atoms with E-state index in [-0.39, 0.29) is 6.04 Å². The molecule has 1 fully saturated rings. The Bertz CT molecular complexity index is 572. The normalized spacial score (nSPS) is 19.6. The smallest absolute Gasteiger partial charge is 0.243 e. The molecule has 2 rings (SSSR count). The van der Waals surface area contributed by atoms with E-state index in [1.807, 2.05) is 0 Å². The van der Waals surface area contributed by atoms with E-state index in [9.17, 15) is 8.42 Å². The van der Waals surface area contributed by atoms with Gasteiger partial charge in [0.15, 0.2) is 0 Å². The van der Waals surface area contributed by atoms with Gasteiger partial charge in [-0.3, -0.25) is 5.84 Å². The number of nitrogens with zero attached hydrogens (tertiary/aromatic N) is 1. The molecule has 1 aliphatic heterocycles. The Hall–Kier alpha value is -1.15. The molecule has 112 valence electrons. The second-order valence-electron chi connectivity index (χ2n) is 5.12. The molecule has 1 aliphatic rings. The molecule has 0 radical (unpaired) electrons. The van der Waals surface area contributed by atoms with Crippen molar-refractivity contribution in [3.63, 3.8) is 0 Å². The molecule has 1 saturated heterocycles. The standard InChI is InChI=1S/C13H21N3O3S/c1-9-6-11(15-14)7-10(2)13(9)20(17,18)16(3)12-4-5-19-8-12/h6-7,12,15H,4-5,8,14H2,1-3H3. The summed E-state index contributed by atoms with van der Waals surface area (Å²) >= 11 is 0. The van der Waals surface area contributed by atoms with Gasteiger partial charge in [-0.15, -0.1) is 0 Å². The van der Waals surface area contributed by atoms with Crippen LogP contribution in [0.2, 0.25) is 0 Å². The number of anilines is 1. The van der Waals surface area contributed by atoms with Gasteiger partial charge in [-0.25, -0.2) is 8.42 Å². The van der Waals surface area contributed by atoms with Crippen LogP contribution in [-0.2, 0) is 14.8 Å². The number of hydrogen-bond acceptors (Lipinski definition) is 5. The van der Waals surface area contributed by atoms with E-state index >= 15 is 0 Å². The fourth-order valence-electron chi connectivity index (χ4n) is 2.59. The maximum absolute atomic E-state index is 12.8. The Morgan fingerprint density at radius 3 is 2.40 bits per heavy atom. The van der Waals surface area contributed by atoms with Crippen LogP contribution in [0.25, 0.3) is 0 Å². The zero-order chi connectivity index (χ0) is 14.9. The van der Waals surface area contributed by atoms with Crippen LogP contribution in [0, 0.1) is 13.8 Å². The third kappa shape index (κ3) is 2.67. The average Bonchev–Trinajstić information content (AvgIpc) is 2.90. The molecule has 0 aliphatic carbocycles. The molecule has 0 saturated carbocycles. The molecule has 0 bridgehead atoms. The van der Waals surface area contributed by atoms with Crippen LogP contribution in [0.5, 0.6) is 0 Å². The number of hydrazine groups is 1. The van der Waals surface area contributed by atoms with Crippen LogP contribution in [0.3, 0.4) is 0 Å². The van der Waals surface area contributed by atoms with Gasteiger partial charge in [0.1, 0.15) is 0 Å². The number of ether oxygens (including phenoxy) is 1. The van der Waals surface area contributed by atoms with Crippen molar-refractivity contribution < 1.29 is 13.2 Å². The lowest BCUT2D eigenvalue weighted by Crippen LogP contribution is -2.38. The van der Waals surface area contributed by atoms with Gasteiger partial charge in [0.25, 0.3) is 0 Å². The molecule has 20 heavy (non-hydrogen) atoms. The molecule has 0 amide bonds. The molecule has 1 aromatic carbocycles. The van der Waals surface area contributed by atoms with Crippen molar-refractivity contribution in [1.29, 1.82) is 0 Å². The topological polar surface area (TPSA) is 84.7 Å². The molecule has 0 aromatic heterocycles. The fourth-order valence-corrected chi connectivity index (χ4v) is 4.37. The van der Waals surface area contributed by atoms with Crippen molar-refractivity contribution in [3.05, 3.63) is 23.3 Å². The highest BCUT2D eigenvalue weighted by Gasteiger charge is 2.32. The molecule has 1 atom stereocenters. The van der Waals surface area contributed by atoms with Crippen molar-refractivity contribution in [3.8, 4) is 0 Å². The van der Waals surface area contributed by atoms with Crippen molar-refractivity contribution in [2.24, 2.45) is 5.84 Å². The van der Waals surface area contributed by atoms with Crippen LogP contribution in [0.15, 0.2) is 17.0 Å². The maximum Gasteiger partial charge on any atom is 0.243 e. The SMILES string of the molecule is Cc1cc(NN)cc(C)c1S(=O)(=O)N(C)C1CCOC1. The Morgan fingerprint density at radius 2 is 1.95 bits per heavy atom. The third-order valence-electron chi connectivity index (χ3n) is 3.68. The van der Waals surface area contributed by atoms with E-state index in [4.69, 9.17) is 10.6 Å². The van der Waals surface area contributed by atoms with E-state index in [0.29, 0.717) is 34.9 Å². The van der Waals surface area contributed by atoms with Crippen LogP contribution in [0.4, 0.5) is 5.69 Å². The number of hydrogen-bond donors (Lipinski definition) is 2. The van der Waals surface area contributed by atoms with Gasteiger partial charge in [0.05, 0.1) is 17.5 Å². The molecule has 6 nitrogen and oxygen atoms in total. The minimum atomic E-state index is -3.52. The van der Waals surface area contributed by atoms with E-state index in [0.717, 1.165) is 6.42 Å². The van der Waals surface area contributed by atoms with E-state index in [1.54, 1.807) is 33.0 Å². The third-order valence-corrected chi connectivity index (χ3v) is 5.90. The fraction of sp³-hybridized carbons (Fsp3) is 0.538. The summed E-state index contributed by atoms with van der Waals surface area (Å²) in [4.78, 5) is 0.353. The van der Waals surface area contributed by atoms with Gasteiger partial charge in [-0.1, -0.05) is 0 Å². The molecule has 3 N–H and O–H groups in total. The second kappa shape index (κ2) is 5.69. The van der Waals surface area contributed by atoms with E-state index < -0.39 is 10.0 Å². The van der Waals surface area contributed by atoms with Crippen molar-refractivity contribution in [1.82, 2.24) is 4.31 Å². The lowest BCUT2D eigenvalue weighted by molar-refractivity contribution is 0.181. The Morgan fingerprint density at radius 1 is 1.35 bits per heavy atom. The summed E-state index contributed by atoms with van der Waals surface area (Å²) in [5.41, 5.74) is 4.61. The minimum Gasteiger partial charge on any atom is -0.380 e. The van der Waals surface area contributed by atoms with Crippen molar-refractivity contribution in [2.45, 2.75) is 31.2 Å². The first-order valence-corrected chi connectivity index (χ1v) is 7.95. The molecular formula is C13H21N3O3S. The minimum absolute atomic E-state index is 0.0916. The number of benzene rings is 1. The zero-order valence-corrected chi connectivity index (χ0v) is 12.8. The second-order valence-corrected chi connectivity index (χ2v) is 7.06. The van der Waals surface area contributed by atoms with Crippen molar-refractivity contribution in [2.75, 3.05) is 25.7 Å². The van der Waals surface area contributed by atoms with Crippen LogP contribution >= 0.6 is 0 Å². The van der Waals surface area contributed by atoms with Crippen molar-refractivity contribution >= 4 is 15.7 Å². The largest absolute Gasteiger partial charge is 0.380 e. The number of nitrogens with two attached hydrogens (primary N) is 1. The number of nitrogen functional groups attached to an aromatic ring is 1. The molecule has 1 aromatic rings. The summed E-state index contributed by atoms with van der Waals surface area (Å²) in [6, 6.07) is 3.38. The van der Waals surface area contributed by atoms with Gasteiger partial charge < -0.3 is 10.2 Å². The highest BCUT2D eigenvalue weighted by molar-refractivity contribution is 7.89. The van der Waals surface area contributed by atoms with E-state index in [2.05, 4.69) is 5.43 Å². The Labute approximate surface area is 119 Å². The molecule has 1 heterocycles. The average molecular weight is 299 g/mol. The molecule has 7 heteroatoms. The highest BCUT2D eigenvalue weighted by atomic mass is 32.2. The zero-order valence-electron chi connectivity index (χ0n) is 12.0. The number of aryl methyl sites for hydroxylation is 2. The monoisotopic (exact) mass is 299 g/mol. The summed E-state index contributed by atoms with van der Waals surface area (Å²) in [6.45, 7) is 4.62. The first kappa shape index (κ1) is 15.2. The summed E-state index contributed by atoms with van der Waals surface area (Å²) in [5, 5.41) is 0. The highest BCUT2D eigenvalue weighted by Crippen LogP contribution is 2.28.